The fraction of sp³-hybridized carbons (Fsp3) is 0.571. The Kier molecular flexibility index (Phi) is 4.02. The first-order valence-corrected chi connectivity index (χ1v) is 6.27. The van der Waals surface area contributed by atoms with Gasteiger partial charge >= 0.3 is 0 Å². The van der Waals surface area contributed by atoms with Gasteiger partial charge in [0.2, 0.25) is 0 Å². The molecule has 17 heavy (non-hydrogen) atoms. The average molecular weight is 235 g/mol. The van der Waals surface area contributed by atoms with E-state index in [1.54, 1.807) is 7.11 Å². The predicted octanol–water partition coefficient (Wildman–Crippen LogP) is 2.21. The summed E-state index contributed by atoms with van der Waals surface area (Å²) in [6.07, 6.45) is 2.06. The molecule has 1 aromatic carbocycles. The first-order chi connectivity index (χ1) is 8.20. The molecule has 1 aliphatic heterocycles. The van der Waals surface area contributed by atoms with Gasteiger partial charge in [-0.25, -0.2) is 0 Å². The summed E-state index contributed by atoms with van der Waals surface area (Å²) in [5, 5.41) is 10.2. The van der Waals surface area contributed by atoms with E-state index in [1.807, 2.05) is 24.3 Å². The zero-order valence-electron chi connectivity index (χ0n) is 10.6. The van der Waals surface area contributed by atoms with E-state index < -0.39 is 6.10 Å². The molecular weight excluding hydrogens is 214 g/mol. The Morgan fingerprint density at radius 1 is 1.53 bits per heavy atom. The molecule has 2 rings (SSSR count). The third-order valence-corrected chi connectivity index (χ3v) is 3.58. The molecule has 0 aromatic heterocycles. The van der Waals surface area contributed by atoms with Crippen molar-refractivity contribution < 1.29 is 9.84 Å². The summed E-state index contributed by atoms with van der Waals surface area (Å²) in [5.41, 5.74) is 0.934. The van der Waals surface area contributed by atoms with Crippen LogP contribution in [0.1, 0.15) is 31.4 Å². The molecule has 1 fully saturated rings. The lowest BCUT2D eigenvalue weighted by molar-refractivity contribution is 0.110. The number of hydrogen-bond donors (Lipinski definition) is 1. The van der Waals surface area contributed by atoms with E-state index in [0.29, 0.717) is 12.6 Å². The quantitative estimate of drug-likeness (QED) is 0.868. The monoisotopic (exact) mass is 235 g/mol. The molecule has 1 heterocycles. The Morgan fingerprint density at radius 2 is 2.35 bits per heavy atom. The van der Waals surface area contributed by atoms with Crippen LogP contribution in [0.3, 0.4) is 0 Å². The molecule has 0 radical (unpaired) electrons. The molecule has 0 saturated carbocycles. The van der Waals surface area contributed by atoms with E-state index in [-0.39, 0.29) is 0 Å². The number of nitrogens with zero attached hydrogens (tertiary/aromatic N) is 1. The van der Waals surface area contributed by atoms with Crippen molar-refractivity contribution in [3.63, 3.8) is 0 Å². The Morgan fingerprint density at radius 3 is 3.00 bits per heavy atom. The molecule has 3 nitrogen and oxygen atoms in total. The Hall–Kier alpha value is -1.06. The van der Waals surface area contributed by atoms with E-state index in [9.17, 15) is 5.11 Å². The van der Waals surface area contributed by atoms with Gasteiger partial charge in [-0.05, 0) is 44.0 Å². The maximum atomic E-state index is 10.2. The molecule has 1 aliphatic rings. The second-order valence-corrected chi connectivity index (χ2v) is 4.78. The molecule has 2 atom stereocenters. The van der Waals surface area contributed by atoms with Gasteiger partial charge in [-0.15, -0.1) is 0 Å². The highest BCUT2D eigenvalue weighted by Gasteiger charge is 2.23. The fourth-order valence-corrected chi connectivity index (χ4v) is 2.44. The highest BCUT2D eigenvalue weighted by molar-refractivity contribution is 5.29. The topological polar surface area (TPSA) is 32.7 Å². The van der Waals surface area contributed by atoms with Crippen molar-refractivity contribution in [1.29, 1.82) is 0 Å². The number of aliphatic hydroxyl groups is 1. The molecule has 0 amide bonds. The zero-order chi connectivity index (χ0) is 12.3. The molecule has 94 valence electrons. The maximum absolute atomic E-state index is 10.2. The lowest BCUT2D eigenvalue weighted by atomic mass is 10.1. The summed E-state index contributed by atoms with van der Waals surface area (Å²) in [6, 6.07) is 8.27. The number of β-amino-alcohol motifs (C(OH)–C–C–N with tert-alkyl or cyclic N) is 1. The highest BCUT2D eigenvalue weighted by atomic mass is 16.5. The Labute approximate surface area is 103 Å². The van der Waals surface area contributed by atoms with Gasteiger partial charge in [0.15, 0.2) is 0 Å². The molecule has 0 bridgehead atoms. The van der Waals surface area contributed by atoms with Crippen LogP contribution in [0.25, 0.3) is 0 Å². The first-order valence-electron chi connectivity index (χ1n) is 6.27. The number of likely N-dealkylation sites (tertiary alicyclic amines) is 1. The van der Waals surface area contributed by atoms with Crippen molar-refractivity contribution in [3.05, 3.63) is 29.8 Å². The van der Waals surface area contributed by atoms with Crippen molar-refractivity contribution in [2.75, 3.05) is 20.2 Å². The smallest absolute Gasteiger partial charge is 0.119 e. The summed E-state index contributed by atoms with van der Waals surface area (Å²) in [7, 11) is 1.65. The first kappa shape index (κ1) is 12.4. The molecule has 0 spiro atoms. The summed E-state index contributed by atoms with van der Waals surface area (Å²) in [4.78, 5) is 2.35. The number of ether oxygens (including phenoxy) is 1. The number of methoxy groups -OCH3 is 1. The van der Waals surface area contributed by atoms with Gasteiger partial charge in [0.25, 0.3) is 0 Å². The number of aliphatic hydroxyl groups excluding tert-OH is 1. The standard InChI is InChI=1S/C14H21NO2/c1-11-5-4-8-15(11)10-14(16)12-6-3-7-13(9-12)17-2/h3,6-7,9,11,14,16H,4-5,8,10H2,1-2H3. The van der Waals surface area contributed by atoms with Gasteiger partial charge in [0.05, 0.1) is 13.2 Å². The Bertz CT molecular complexity index is 367. The van der Waals surface area contributed by atoms with Gasteiger partial charge in [-0.1, -0.05) is 12.1 Å². The van der Waals surface area contributed by atoms with Gasteiger partial charge < -0.3 is 9.84 Å². The van der Waals surface area contributed by atoms with Crippen molar-refractivity contribution in [3.8, 4) is 5.75 Å². The predicted molar refractivity (Wildman–Crippen MR) is 68.2 cm³/mol. The van der Waals surface area contributed by atoms with Crippen LogP contribution in [0.15, 0.2) is 24.3 Å². The molecule has 0 aliphatic carbocycles. The molecule has 1 N–H and O–H groups in total. The third-order valence-electron chi connectivity index (χ3n) is 3.58. The molecule has 1 saturated heterocycles. The summed E-state index contributed by atoms with van der Waals surface area (Å²) >= 11 is 0. The minimum absolute atomic E-state index is 0.425. The number of hydrogen-bond acceptors (Lipinski definition) is 3. The summed E-state index contributed by atoms with van der Waals surface area (Å²) in [5.74, 6) is 0.802. The fourth-order valence-electron chi connectivity index (χ4n) is 2.44. The van der Waals surface area contributed by atoms with E-state index >= 15 is 0 Å². The molecular formula is C14H21NO2. The SMILES string of the molecule is COc1cccc(C(O)CN2CCCC2C)c1. The average Bonchev–Trinajstić information content (AvgIpc) is 2.75. The van der Waals surface area contributed by atoms with E-state index in [1.165, 1.54) is 12.8 Å². The van der Waals surface area contributed by atoms with Gasteiger partial charge in [0.1, 0.15) is 5.75 Å². The van der Waals surface area contributed by atoms with Crippen LogP contribution in [0.4, 0.5) is 0 Å². The lowest BCUT2D eigenvalue weighted by Crippen LogP contribution is -2.31. The normalized spacial score (nSPS) is 22.6. The van der Waals surface area contributed by atoms with Gasteiger partial charge in [0, 0.05) is 12.6 Å². The van der Waals surface area contributed by atoms with Crippen molar-refractivity contribution in [2.45, 2.75) is 31.9 Å². The summed E-state index contributed by atoms with van der Waals surface area (Å²) < 4.78 is 5.17. The number of benzene rings is 1. The van der Waals surface area contributed by atoms with Crippen LogP contribution in [-0.4, -0.2) is 36.2 Å². The summed E-state index contributed by atoms with van der Waals surface area (Å²) in [6.45, 7) is 4.04. The minimum atomic E-state index is -0.425. The van der Waals surface area contributed by atoms with Gasteiger partial charge in [-0.2, -0.15) is 0 Å². The largest absolute Gasteiger partial charge is 0.497 e. The van der Waals surface area contributed by atoms with Crippen molar-refractivity contribution in [2.24, 2.45) is 0 Å². The van der Waals surface area contributed by atoms with Crippen LogP contribution in [-0.2, 0) is 0 Å². The van der Waals surface area contributed by atoms with Crippen molar-refractivity contribution in [1.82, 2.24) is 4.90 Å². The van der Waals surface area contributed by atoms with Crippen LogP contribution in [0, 0.1) is 0 Å². The Balaban J connectivity index is 2.00. The van der Waals surface area contributed by atoms with E-state index in [2.05, 4.69) is 11.8 Å². The van der Waals surface area contributed by atoms with Crippen LogP contribution < -0.4 is 4.74 Å². The van der Waals surface area contributed by atoms with E-state index in [0.717, 1.165) is 17.9 Å². The second-order valence-electron chi connectivity index (χ2n) is 4.78. The molecule has 1 aromatic rings. The molecule has 3 heteroatoms. The van der Waals surface area contributed by atoms with E-state index in [4.69, 9.17) is 4.74 Å². The van der Waals surface area contributed by atoms with Crippen LogP contribution >= 0.6 is 0 Å². The molecule has 2 unspecified atom stereocenters. The third kappa shape index (κ3) is 2.99. The lowest BCUT2D eigenvalue weighted by Gasteiger charge is -2.24. The number of rotatable bonds is 4. The minimum Gasteiger partial charge on any atom is -0.497 e. The van der Waals surface area contributed by atoms with Crippen LogP contribution in [0.5, 0.6) is 5.75 Å². The zero-order valence-corrected chi connectivity index (χ0v) is 10.6. The second kappa shape index (κ2) is 5.52. The van der Waals surface area contributed by atoms with Crippen LogP contribution in [0.2, 0.25) is 0 Å². The van der Waals surface area contributed by atoms with Gasteiger partial charge in [-0.3, -0.25) is 4.90 Å². The van der Waals surface area contributed by atoms with Crippen molar-refractivity contribution >= 4 is 0 Å². The highest BCUT2D eigenvalue weighted by Crippen LogP contribution is 2.23. The maximum Gasteiger partial charge on any atom is 0.119 e.